The number of aromatic carboxylic acids is 1. The van der Waals surface area contributed by atoms with Crippen molar-refractivity contribution in [2.75, 3.05) is 31.2 Å². The van der Waals surface area contributed by atoms with Gasteiger partial charge >= 0.3 is 5.97 Å². The third kappa shape index (κ3) is 3.14. The fraction of sp³-hybridized carbons (Fsp3) is 0.462. The third-order valence-corrected chi connectivity index (χ3v) is 3.35. The lowest BCUT2D eigenvalue weighted by Gasteiger charge is -2.31. The average molecular weight is 267 g/mol. The second-order valence-corrected chi connectivity index (χ2v) is 4.97. The number of hydrogen-bond acceptors (Lipinski definition) is 4. The van der Waals surface area contributed by atoms with E-state index in [4.69, 9.17) is 10.8 Å². The molecule has 2 rings (SSSR count). The Balaban J connectivity index is 2.16. The van der Waals surface area contributed by atoms with Crippen LogP contribution in [-0.2, 0) is 0 Å². The van der Waals surface area contributed by atoms with Gasteiger partial charge in [0.1, 0.15) is 5.82 Å². The topological polar surface area (TPSA) is 78.6 Å². The summed E-state index contributed by atoms with van der Waals surface area (Å²) in [5.41, 5.74) is 6.09. The fourth-order valence-corrected chi connectivity index (χ4v) is 2.38. The quantitative estimate of drug-likeness (QED) is 0.725. The lowest BCUT2D eigenvalue weighted by Crippen LogP contribution is -2.39. The predicted octanol–water partition coefficient (Wildman–Crippen LogP) is 1.61. The maximum absolute atomic E-state index is 13.6. The van der Waals surface area contributed by atoms with Crippen molar-refractivity contribution >= 4 is 17.3 Å². The zero-order valence-corrected chi connectivity index (χ0v) is 10.8. The van der Waals surface area contributed by atoms with E-state index in [1.807, 2.05) is 7.05 Å². The first kappa shape index (κ1) is 13.6. The number of nitrogens with zero attached hydrogens (tertiary/aromatic N) is 1. The van der Waals surface area contributed by atoms with E-state index in [2.05, 4.69) is 10.2 Å². The molecule has 1 saturated heterocycles. The van der Waals surface area contributed by atoms with E-state index in [1.54, 1.807) is 0 Å². The van der Waals surface area contributed by atoms with E-state index in [1.165, 1.54) is 0 Å². The molecule has 1 heterocycles. The van der Waals surface area contributed by atoms with Crippen molar-refractivity contribution in [1.29, 1.82) is 0 Å². The number of rotatable bonds is 3. The van der Waals surface area contributed by atoms with Crippen molar-refractivity contribution in [3.05, 3.63) is 23.5 Å². The Kier molecular flexibility index (Phi) is 3.90. The first-order valence-corrected chi connectivity index (χ1v) is 6.24. The number of nitrogen functional groups attached to an aromatic ring is 1. The molecule has 0 aliphatic carbocycles. The molecule has 0 amide bonds. The molecule has 0 aromatic heterocycles. The van der Waals surface area contributed by atoms with Crippen molar-refractivity contribution in [2.45, 2.75) is 18.9 Å². The van der Waals surface area contributed by atoms with E-state index < -0.39 is 17.3 Å². The monoisotopic (exact) mass is 267 g/mol. The number of benzene rings is 1. The molecule has 0 saturated carbocycles. The number of carbonyl (C=O) groups is 1. The van der Waals surface area contributed by atoms with E-state index in [0.29, 0.717) is 5.69 Å². The van der Waals surface area contributed by atoms with Crippen molar-refractivity contribution in [3.8, 4) is 0 Å². The van der Waals surface area contributed by atoms with Gasteiger partial charge < -0.3 is 21.1 Å². The number of nitrogens with two attached hydrogens (primary N) is 1. The molecule has 0 spiro atoms. The van der Waals surface area contributed by atoms with Gasteiger partial charge in [0, 0.05) is 12.6 Å². The first-order valence-electron chi connectivity index (χ1n) is 6.24. The summed E-state index contributed by atoms with van der Waals surface area (Å²) in [6.07, 6.45) is 2.07. The molecule has 0 radical (unpaired) electrons. The average Bonchev–Trinajstić information content (AvgIpc) is 2.33. The number of likely N-dealkylation sites (N-methyl/N-ethyl adjacent to an activating group) is 1. The molecule has 1 aliphatic heterocycles. The SMILES string of the molecule is CN1CCCC(Nc2cc(F)c(C(=O)O)cc2N)C1. The van der Waals surface area contributed by atoms with E-state index in [-0.39, 0.29) is 11.7 Å². The van der Waals surface area contributed by atoms with Crippen LogP contribution in [0.1, 0.15) is 23.2 Å². The van der Waals surface area contributed by atoms with Gasteiger partial charge in [-0.2, -0.15) is 0 Å². The highest BCUT2D eigenvalue weighted by Gasteiger charge is 2.19. The van der Waals surface area contributed by atoms with Gasteiger partial charge in [-0.05, 0) is 38.6 Å². The summed E-state index contributed by atoms with van der Waals surface area (Å²) in [5.74, 6) is -2.08. The van der Waals surface area contributed by atoms with Gasteiger partial charge in [0.15, 0.2) is 0 Å². The molecule has 104 valence electrons. The summed E-state index contributed by atoms with van der Waals surface area (Å²) in [6.45, 7) is 1.92. The van der Waals surface area contributed by atoms with Gasteiger partial charge in [-0.1, -0.05) is 0 Å². The van der Waals surface area contributed by atoms with Crippen molar-refractivity contribution in [3.63, 3.8) is 0 Å². The zero-order chi connectivity index (χ0) is 14.0. The minimum atomic E-state index is -1.31. The lowest BCUT2D eigenvalue weighted by molar-refractivity contribution is 0.0692. The van der Waals surface area contributed by atoms with Crippen LogP contribution in [-0.4, -0.2) is 42.2 Å². The normalized spacial score (nSPS) is 20.2. The van der Waals surface area contributed by atoms with Crippen molar-refractivity contribution in [2.24, 2.45) is 0 Å². The van der Waals surface area contributed by atoms with Gasteiger partial charge in [-0.25, -0.2) is 9.18 Å². The first-order chi connectivity index (χ1) is 8.97. The Morgan fingerprint density at radius 1 is 1.58 bits per heavy atom. The number of hydrogen-bond donors (Lipinski definition) is 3. The van der Waals surface area contributed by atoms with Crippen LogP contribution in [0.4, 0.5) is 15.8 Å². The molecule has 1 fully saturated rings. The highest BCUT2D eigenvalue weighted by atomic mass is 19.1. The minimum absolute atomic E-state index is 0.205. The van der Waals surface area contributed by atoms with Crippen molar-refractivity contribution < 1.29 is 14.3 Å². The molecule has 5 nitrogen and oxygen atoms in total. The van der Waals surface area contributed by atoms with Gasteiger partial charge in [-0.15, -0.1) is 0 Å². The summed E-state index contributed by atoms with van der Waals surface area (Å²) in [5, 5.41) is 12.0. The smallest absolute Gasteiger partial charge is 0.338 e. The van der Waals surface area contributed by atoms with E-state index in [0.717, 1.165) is 38.1 Å². The maximum atomic E-state index is 13.6. The molecular weight excluding hydrogens is 249 g/mol. The molecule has 1 aliphatic rings. The zero-order valence-electron chi connectivity index (χ0n) is 10.8. The number of piperidine rings is 1. The van der Waals surface area contributed by atoms with Crippen LogP contribution < -0.4 is 11.1 Å². The van der Waals surface area contributed by atoms with Crippen LogP contribution in [0.5, 0.6) is 0 Å². The standard InChI is InChI=1S/C13H18FN3O2/c1-17-4-2-3-8(7-17)16-12-6-10(14)9(13(18)19)5-11(12)15/h5-6,8,16H,2-4,7,15H2,1H3,(H,18,19). The number of nitrogens with one attached hydrogen (secondary N) is 1. The molecule has 4 N–H and O–H groups in total. The van der Waals surface area contributed by atoms with Crippen LogP contribution in [0.2, 0.25) is 0 Å². The number of carboxylic acid groups (broad SMARTS) is 1. The Morgan fingerprint density at radius 3 is 2.95 bits per heavy atom. The van der Waals surface area contributed by atoms with E-state index in [9.17, 15) is 9.18 Å². The second-order valence-electron chi connectivity index (χ2n) is 4.97. The van der Waals surface area contributed by atoms with Crippen LogP contribution in [0.25, 0.3) is 0 Å². The van der Waals surface area contributed by atoms with Crippen LogP contribution >= 0.6 is 0 Å². The Morgan fingerprint density at radius 2 is 2.32 bits per heavy atom. The highest BCUT2D eigenvalue weighted by Crippen LogP contribution is 2.25. The highest BCUT2D eigenvalue weighted by molar-refractivity contribution is 5.90. The van der Waals surface area contributed by atoms with Crippen molar-refractivity contribution in [1.82, 2.24) is 4.90 Å². The number of halogens is 1. The van der Waals surface area contributed by atoms with Gasteiger partial charge in [0.2, 0.25) is 0 Å². The van der Waals surface area contributed by atoms with E-state index >= 15 is 0 Å². The summed E-state index contributed by atoms with van der Waals surface area (Å²) in [4.78, 5) is 13.0. The number of likely N-dealkylation sites (tertiary alicyclic amines) is 1. The summed E-state index contributed by atoms with van der Waals surface area (Å²) in [7, 11) is 2.03. The predicted molar refractivity (Wildman–Crippen MR) is 71.9 cm³/mol. The van der Waals surface area contributed by atoms with Gasteiger partial charge in [0.25, 0.3) is 0 Å². The maximum Gasteiger partial charge on any atom is 0.338 e. The van der Waals surface area contributed by atoms with Crippen LogP contribution in [0.3, 0.4) is 0 Å². The fourth-order valence-electron chi connectivity index (χ4n) is 2.38. The summed E-state index contributed by atoms with van der Waals surface area (Å²) in [6, 6.07) is 2.52. The lowest BCUT2D eigenvalue weighted by atomic mass is 10.1. The molecule has 19 heavy (non-hydrogen) atoms. The molecule has 1 unspecified atom stereocenters. The van der Waals surface area contributed by atoms with Gasteiger partial charge in [-0.3, -0.25) is 0 Å². The third-order valence-electron chi connectivity index (χ3n) is 3.35. The summed E-state index contributed by atoms with van der Waals surface area (Å²) >= 11 is 0. The largest absolute Gasteiger partial charge is 0.478 e. The Hall–Kier alpha value is -1.82. The molecule has 1 aromatic rings. The Labute approximate surface area is 111 Å². The molecular formula is C13H18FN3O2. The molecule has 1 aromatic carbocycles. The Bertz CT molecular complexity index is 493. The number of carboxylic acids is 1. The number of anilines is 2. The molecule has 0 bridgehead atoms. The van der Waals surface area contributed by atoms with Crippen LogP contribution in [0.15, 0.2) is 12.1 Å². The minimum Gasteiger partial charge on any atom is -0.478 e. The summed E-state index contributed by atoms with van der Waals surface area (Å²) < 4.78 is 13.6. The van der Waals surface area contributed by atoms with Gasteiger partial charge in [0.05, 0.1) is 16.9 Å². The van der Waals surface area contributed by atoms with Crippen LogP contribution in [0, 0.1) is 5.82 Å². The molecule has 1 atom stereocenters. The second kappa shape index (κ2) is 5.44. The molecule has 6 heteroatoms.